The van der Waals surface area contributed by atoms with Gasteiger partial charge in [-0.15, -0.1) is 0 Å². The summed E-state index contributed by atoms with van der Waals surface area (Å²) in [5, 5.41) is 0.328. The first kappa shape index (κ1) is 62.7. The molecule has 0 spiro atoms. The number of unbranched alkanes of at least 4 members (excludes halogenated alkanes) is 22. The Morgan fingerprint density at radius 1 is 0.485 bits per heavy atom. The number of esters is 2. The second kappa shape index (κ2) is 46.1. The highest BCUT2D eigenvalue weighted by atomic mass is 32.2. The molecule has 2 atom stereocenters. The zero-order valence-corrected chi connectivity index (χ0v) is 45.8. The summed E-state index contributed by atoms with van der Waals surface area (Å²) in [6, 6.07) is 0.315. The monoisotopic (exact) mass is 949 g/mol. The molecule has 1 aliphatic rings. The van der Waals surface area contributed by atoms with Crippen molar-refractivity contribution in [3.63, 3.8) is 0 Å². The van der Waals surface area contributed by atoms with E-state index in [1.165, 1.54) is 167 Å². The average molecular weight is 950 g/mol. The van der Waals surface area contributed by atoms with Crippen molar-refractivity contribution in [3.05, 3.63) is 0 Å². The molecule has 0 N–H and O–H groups in total. The molecule has 7 nitrogen and oxygen atoms in total. The maximum atomic E-state index is 14.1. The van der Waals surface area contributed by atoms with Gasteiger partial charge in [0.15, 0.2) is 0 Å². The van der Waals surface area contributed by atoms with E-state index in [9.17, 15) is 14.4 Å². The minimum absolute atomic E-state index is 0.00402. The molecule has 1 fully saturated rings. The van der Waals surface area contributed by atoms with Gasteiger partial charge in [-0.25, -0.2) is 0 Å². The van der Waals surface area contributed by atoms with Crippen LogP contribution < -0.4 is 0 Å². The van der Waals surface area contributed by atoms with Crippen molar-refractivity contribution in [2.24, 2.45) is 17.8 Å². The third-order valence-corrected chi connectivity index (χ3v) is 15.6. The summed E-state index contributed by atoms with van der Waals surface area (Å²) in [5.41, 5.74) is 0. The van der Waals surface area contributed by atoms with Crippen molar-refractivity contribution in [3.8, 4) is 0 Å². The number of piperidine rings is 1. The van der Waals surface area contributed by atoms with Gasteiger partial charge in [0.1, 0.15) is 0 Å². The van der Waals surface area contributed by atoms with Gasteiger partial charge in [0.2, 0.25) is 0 Å². The molecule has 66 heavy (non-hydrogen) atoms. The highest BCUT2D eigenvalue weighted by molar-refractivity contribution is 8.13. The number of hydrogen-bond donors (Lipinski definition) is 0. The fourth-order valence-corrected chi connectivity index (χ4v) is 10.8. The second-order valence-electron chi connectivity index (χ2n) is 21.0. The maximum Gasteiger partial charge on any atom is 0.305 e. The fraction of sp³-hybridized carbons (Fsp3) is 0.948. The number of amides is 1. The molecule has 1 rings (SSSR count). The fourth-order valence-electron chi connectivity index (χ4n) is 9.91. The first-order valence-electron chi connectivity index (χ1n) is 29.2. The lowest BCUT2D eigenvalue weighted by atomic mass is 9.94. The number of ether oxygens (including phenoxy) is 2. The van der Waals surface area contributed by atoms with Gasteiger partial charge >= 0.3 is 11.9 Å². The summed E-state index contributed by atoms with van der Waals surface area (Å²) in [4.78, 5) is 44.2. The molecule has 390 valence electrons. The van der Waals surface area contributed by atoms with Crippen LogP contribution in [0.15, 0.2) is 0 Å². The van der Waals surface area contributed by atoms with Crippen LogP contribution in [0, 0.1) is 17.8 Å². The van der Waals surface area contributed by atoms with Crippen molar-refractivity contribution in [2.75, 3.05) is 45.6 Å². The molecule has 0 aliphatic carbocycles. The second-order valence-corrected chi connectivity index (χ2v) is 22.0. The Labute approximate surface area is 415 Å². The van der Waals surface area contributed by atoms with Crippen LogP contribution in [0.1, 0.15) is 285 Å². The van der Waals surface area contributed by atoms with Gasteiger partial charge in [-0.1, -0.05) is 213 Å². The highest BCUT2D eigenvalue weighted by Crippen LogP contribution is 2.28. The van der Waals surface area contributed by atoms with Crippen molar-refractivity contribution < 1.29 is 23.9 Å². The quantitative estimate of drug-likeness (QED) is 0.0444. The molecular weight excluding hydrogens is 837 g/mol. The van der Waals surface area contributed by atoms with Crippen molar-refractivity contribution in [1.82, 2.24) is 9.80 Å². The minimum atomic E-state index is -0.00402. The number of rotatable bonds is 47. The smallest absolute Gasteiger partial charge is 0.305 e. The van der Waals surface area contributed by atoms with Gasteiger partial charge in [0, 0.05) is 31.2 Å². The zero-order valence-electron chi connectivity index (χ0n) is 45.0. The van der Waals surface area contributed by atoms with E-state index < -0.39 is 0 Å². The van der Waals surface area contributed by atoms with Crippen molar-refractivity contribution >= 4 is 28.9 Å². The lowest BCUT2D eigenvalue weighted by molar-refractivity contribution is -0.146. The number of hydrogen-bond acceptors (Lipinski definition) is 7. The first-order valence-corrected chi connectivity index (χ1v) is 30.2. The topological polar surface area (TPSA) is 76.2 Å². The van der Waals surface area contributed by atoms with E-state index in [4.69, 9.17) is 9.47 Å². The van der Waals surface area contributed by atoms with Crippen LogP contribution in [0.25, 0.3) is 0 Å². The van der Waals surface area contributed by atoms with Crippen LogP contribution >= 0.6 is 11.8 Å². The molecule has 0 aromatic heterocycles. The summed E-state index contributed by atoms with van der Waals surface area (Å²) in [6.07, 6.45) is 45.1. The van der Waals surface area contributed by atoms with Crippen LogP contribution in [0.2, 0.25) is 0 Å². The predicted molar refractivity (Wildman–Crippen MR) is 287 cm³/mol. The molecule has 1 saturated heterocycles. The van der Waals surface area contributed by atoms with Crippen molar-refractivity contribution in [2.45, 2.75) is 291 Å². The number of thioether (sulfide) groups is 1. The lowest BCUT2D eigenvalue weighted by Crippen LogP contribution is -2.44. The van der Waals surface area contributed by atoms with Crippen molar-refractivity contribution in [1.29, 1.82) is 0 Å². The van der Waals surface area contributed by atoms with Gasteiger partial charge in [-0.2, -0.15) is 0 Å². The van der Waals surface area contributed by atoms with E-state index in [0.29, 0.717) is 55.1 Å². The Bertz CT molecular complexity index is 1040. The number of likely N-dealkylation sites (tertiary alicyclic amines) is 1. The molecule has 1 aliphatic heterocycles. The summed E-state index contributed by atoms with van der Waals surface area (Å²) in [6.45, 7) is 15.7. The molecule has 0 saturated carbocycles. The minimum Gasteiger partial charge on any atom is -0.465 e. The lowest BCUT2D eigenvalue weighted by Gasteiger charge is -2.37. The summed E-state index contributed by atoms with van der Waals surface area (Å²) in [5.74, 6) is 2.58. The van der Waals surface area contributed by atoms with Crippen LogP contribution in [0.5, 0.6) is 0 Å². The third-order valence-electron chi connectivity index (χ3n) is 14.6. The Kier molecular flexibility index (Phi) is 43.8. The molecule has 2 unspecified atom stereocenters. The summed E-state index contributed by atoms with van der Waals surface area (Å²) >= 11 is 1.60. The molecule has 1 heterocycles. The van der Waals surface area contributed by atoms with E-state index >= 15 is 0 Å². The van der Waals surface area contributed by atoms with Crippen LogP contribution in [0.3, 0.4) is 0 Å². The molecule has 0 bridgehead atoms. The van der Waals surface area contributed by atoms with Gasteiger partial charge < -0.3 is 19.3 Å². The van der Waals surface area contributed by atoms with Gasteiger partial charge in [-0.3, -0.25) is 14.4 Å². The van der Waals surface area contributed by atoms with E-state index in [-0.39, 0.29) is 11.9 Å². The maximum absolute atomic E-state index is 14.1. The van der Waals surface area contributed by atoms with Gasteiger partial charge in [-0.05, 0) is 109 Å². The Balaban J connectivity index is 2.65. The Morgan fingerprint density at radius 3 is 1.30 bits per heavy atom. The van der Waals surface area contributed by atoms with Gasteiger partial charge in [0.05, 0.1) is 13.2 Å². The normalized spacial score (nSPS) is 14.9. The molecular formula is C58H112N2O5S. The number of nitrogens with zero attached hydrogens (tertiary/aromatic N) is 2. The van der Waals surface area contributed by atoms with E-state index in [1.807, 2.05) is 0 Å². The van der Waals surface area contributed by atoms with E-state index in [2.05, 4.69) is 51.5 Å². The largest absolute Gasteiger partial charge is 0.465 e. The number of carbonyl (C=O) groups is 3. The number of carbonyl (C=O) groups excluding carboxylic acids is 3. The SMILES string of the molecule is CCCCCCCSC(=O)N(CC1CCN(C)CC1)C(CCCCCCCCC(=O)OCC(CCCC)CCCCCC)CCCCCCCCC(=O)OCC(CCCC)CCCCCC. The summed E-state index contributed by atoms with van der Waals surface area (Å²) < 4.78 is 11.6. The molecule has 1 amide bonds. The molecule has 0 radical (unpaired) electrons. The van der Waals surface area contributed by atoms with Crippen LogP contribution in [-0.4, -0.2) is 78.7 Å². The average Bonchev–Trinajstić information content (AvgIpc) is 3.32. The third kappa shape index (κ3) is 36.7. The highest BCUT2D eigenvalue weighted by Gasteiger charge is 2.28. The van der Waals surface area contributed by atoms with E-state index in [0.717, 1.165) is 96.0 Å². The van der Waals surface area contributed by atoms with E-state index in [1.54, 1.807) is 11.8 Å². The van der Waals surface area contributed by atoms with Crippen LogP contribution in [0.4, 0.5) is 4.79 Å². The zero-order chi connectivity index (χ0) is 48.1. The molecule has 0 aromatic carbocycles. The van der Waals surface area contributed by atoms with Crippen LogP contribution in [-0.2, 0) is 19.1 Å². The van der Waals surface area contributed by atoms with Gasteiger partial charge in [0.25, 0.3) is 5.24 Å². The molecule has 8 heteroatoms. The first-order chi connectivity index (χ1) is 32.3. The predicted octanol–water partition coefficient (Wildman–Crippen LogP) is 17.7. The Morgan fingerprint density at radius 2 is 0.848 bits per heavy atom. The summed E-state index contributed by atoms with van der Waals surface area (Å²) in [7, 11) is 2.23. The Hall–Kier alpha value is -1.28. The molecule has 0 aromatic rings. The standard InChI is InChI=1S/C58H112N2O5S/c1-7-12-17-28-35-48-66-58(63)60(49-52-44-46-59(6)47-45-52)55(40-31-24-20-22-26-33-42-56(61)64-50-53(36-15-10-4)38-29-18-13-8-2)41-32-25-21-23-27-34-43-57(62)65-51-54(37-16-11-5)39-30-19-14-9-3/h52-55H,7-51H2,1-6H3.